The van der Waals surface area contributed by atoms with Crippen LogP contribution in [0, 0.1) is 0 Å². The number of hydrogen-bond acceptors (Lipinski definition) is 4. The molecule has 6 heteroatoms. The van der Waals surface area contributed by atoms with Crippen LogP contribution in [0.5, 0.6) is 0 Å². The quantitative estimate of drug-likeness (QED) is 0.865. The Bertz CT molecular complexity index is 724. The third-order valence-corrected chi connectivity index (χ3v) is 3.41. The van der Waals surface area contributed by atoms with Gasteiger partial charge in [0.05, 0.1) is 0 Å². The first kappa shape index (κ1) is 12.4. The molecule has 1 aromatic carbocycles. The van der Waals surface area contributed by atoms with E-state index in [9.17, 15) is 9.59 Å². The Morgan fingerprint density at radius 3 is 2.95 bits per heavy atom. The van der Waals surface area contributed by atoms with Gasteiger partial charge in [0, 0.05) is 18.3 Å². The lowest BCUT2D eigenvalue weighted by atomic mass is 10.0. The number of carbonyl (C=O) groups is 1. The number of fused-ring (bicyclic) bond motifs is 1. The molecular formula is C14H13N3O3. The Kier molecular flexibility index (Phi) is 2.98. The molecule has 20 heavy (non-hydrogen) atoms. The lowest BCUT2D eigenvalue weighted by molar-refractivity contribution is 0.0694. The fourth-order valence-electron chi connectivity index (χ4n) is 2.46. The molecule has 0 saturated carbocycles. The van der Waals surface area contributed by atoms with Crippen molar-refractivity contribution >= 4 is 17.5 Å². The summed E-state index contributed by atoms with van der Waals surface area (Å²) in [5.74, 6) is -0.797. The molecule has 0 amide bonds. The molecule has 3 rings (SSSR count). The Labute approximate surface area is 114 Å². The van der Waals surface area contributed by atoms with Gasteiger partial charge in [-0.1, -0.05) is 18.2 Å². The molecule has 0 fully saturated rings. The van der Waals surface area contributed by atoms with Gasteiger partial charge < -0.3 is 10.0 Å². The number of carboxylic acid groups (broad SMARTS) is 1. The van der Waals surface area contributed by atoms with E-state index in [-0.39, 0.29) is 5.56 Å². The number of aromatic nitrogens is 2. The Balaban J connectivity index is 2.09. The largest absolute Gasteiger partial charge is 0.477 e. The first-order valence-electron chi connectivity index (χ1n) is 6.35. The van der Waals surface area contributed by atoms with Crippen molar-refractivity contribution < 1.29 is 9.90 Å². The van der Waals surface area contributed by atoms with E-state index in [1.54, 1.807) is 0 Å². The monoisotopic (exact) mass is 271 g/mol. The lowest BCUT2D eigenvalue weighted by Crippen LogP contribution is -2.28. The number of anilines is 2. The average molecular weight is 271 g/mol. The molecule has 0 aliphatic carbocycles. The number of hydrogen-bond donors (Lipinski definition) is 2. The van der Waals surface area contributed by atoms with Gasteiger partial charge in [0.25, 0.3) is 5.56 Å². The third-order valence-electron chi connectivity index (χ3n) is 3.41. The number of aryl methyl sites for hydroxylation is 1. The second-order valence-electron chi connectivity index (χ2n) is 4.66. The molecule has 0 saturated heterocycles. The standard InChI is InChI=1S/C14H13N3O3/c18-13-10(14(19)20)8-12(15-16-13)17-7-3-5-9-4-1-2-6-11(9)17/h1-2,4,6,8H,3,5,7H2,(H,16,18)(H,19,20). The molecule has 0 radical (unpaired) electrons. The molecule has 0 bridgehead atoms. The van der Waals surface area contributed by atoms with Crippen LogP contribution in [0.2, 0.25) is 0 Å². The van der Waals surface area contributed by atoms with Crippen LogP contribution in [0.1, 0.15) is 22.3 Å². The average Bonchev–Trinajstić information content (AvgIpc) is 2.47. The number of H-pyrrole nitrogens is 1. The maximum absolute atomic E-state index is 11.4. The van der Waals surface area contributed by atoms with Crippen LogP contribution >= 0.6 is 0 Å². The van der Waals surface area contributed by atoms with Crippen LogP contribution in [-0.2, 0) is 6.42 Å². The molecule has 0 spiro atoms. The van der Waals surface area contributed by atoms with E-state index in [1.807, 2.05) is 29.2 Å². The van der Waals surface area contributed by atoms with E-state index in [2.05, 4.69) is 10.2 Å². The van der Waals surface area contributed by atoms with Crippen LogP contribution in [0.25, 0.3) is 0 Å². The number of nitrogens with one attached hydrogen (secondary N) is 1. The Morgan fingerprint density at radius 2 is 2.15 bits per heavy atom. The van der Waals surface area contributed by atoms with Crippen molar-refractivity contribution in [2.75, 3.05) is 11.4 Å². The summed E-state index contributed by atoms with van der Waals surface area (Å²) in [6.07, 6.45) is 1.95. The first-order chi connectivity index (χ1) is 9.66. The van der Waals surface area contributed by atoms with E-state index >= 15 is 0 Å². The van der Waals surface area contributed by atoms with E-state index in [0.29, 0.717) is 5.82 Å². The van der Waals surface area contributed by atoms with Gasteiger partial charge in [-0.25, -0.2) is 9.89 Å². The highest BCUT2D eigenvalue weighted by Crippen LogP contribution is 2.31. The maximum Gasteiger partial charge on any atom is 0.341 e. The zero-order chi connectivity index (χ0) is 14.1. The molecule has 2 N–H and O–H groups in total. The molecule has 2 aromatic rings. The Hall–Kier alpha value is -2.63. The summed E-state index contributed by atoms with van der Waals surface area (Å²) < 4.78 is 0. The van der Waals surface area contributed by atoms with Crippen molar-refractivity contribution in [1.29, 1.82) is 0 Å². The smallest absolute Gasteiger partial charge is 0.341 e. The van der Waals surface area contributed by atoms with E-state index in [0.717, 1.165) is 25.1 Å². The third kappa shape index (κ3) is 2.05. The molecule has 102 valence electrons. The number of nitrogens with zero attached hydrogens (tertiary/aromatic N) is 2. The topological polar surface area (TPSA) is 86.3 Å². The van der Waals surface area contributed by atoms with Gasteiger partial charge in [0.2, 0.25) is 0 Å². The number of benzene rings is 1. The van der Waals surface area contributed by atoms with E-state index < -0.39 is 11.5 Å². The van der Waals surface area contributed by atoms with Gasteiger partial charge in [-0.15, -0.1) is 0 Å². The molecular weight excluding hydrogens is 258 g/mol. The zero-order valence-corrected chi connectivity index (χ0v) is 10.7. The van der Waals surface area contributed by atoms with Gasteiger partial charge in [-0.2, -0.15) is 5.10 Å². The zero-order valence-electron chi connectivity index (χ0n) is 10.7. The predicted molar refractivity (Wildman–Crippen MR) is 73.6 cm³/mol. The number of para-hydroxylation sites is 1. The molecule has 1 aliphatic heterocycles. The van der Waals surface area contributed by atoms with Gasteiger partial charge in [-0.05, 0) is 24.5 Å². The maximum atomic E-state index is 11.4. The van der Waals surface area contributed by atoms with Gasteiger partial charge in [-0.3, -0.25) is 4.79 Å². The summed E-state index contributed by atoms with van der Waals surface area (Å²) in [5, 5.41) is 15.2. The summed E-state index contributed by atoms with van der Waals surface area (Å²) >= 11 is 0. The van der Waals surface area contributed by atoms with Crippen molar-refractivity contribution in [3.8, 4) is 0 Å². The second kappa shape index (κ2) is 4.80. The lowest BCUT2D eigenvalue weighted by Gasteiger charge is -2.30. The van der Waals surface area contributed by atoms with Crippen LogP contribution in [0.3, 0.4) is 0 Å². The van der Waals surface area contributed by atoms with Crippen molar-refractivity contribution in [3.63, 3.8) is 0 Å². The van der Waals surface area contributed by atoms with Crippen LogP contribution in [0.4, 0.5) is 11.5 Å². The predicted octanol–water partition coefficient (Wildman–Crippen LogP) is 1.55. The summed E-state index contributed by atoms with van der Waals surface area (Å²) in [6, 6.07) is 9.25. The van der Waals surface area contributed by atoms with Crippen molar-refractivity contribution in [2.45, 2.75) is 12.8 Å². The summed E-state index contributed by atoms with van der Waals surface area (Å²) in [4.78, 5) is 24.4. The van der Waals surface area contributed by atoms with E-state index in [4.69, 9.17) is 5.11 Å². The SMILES string of the molecule is O=C(O)c1cc(N2CCCc3ccccc32)n[nH]c1=O. The minimum absolute atomic E-state index is 0.293. The summed E-state index contributed by atoms with van der Waals surface area (Å²) in [5.41, 5.74) is 1.22. The number of aromatic carboxylic acids is 1. The first-order valence-corrected chi connectivity index (χ1v) is 6.35. The molecule has 2 heterocycles. The fraction of sp³-hybridized carbons (Fsp3) is 0.214. The van der Waals surface area contributed by atoms with E-state index in [1.165, 1.54) is 11.6 Å². The molecule has 1 aromatic heterocycles. The fourth-order valence-corrected chi connectivity index (χ4v) is 2.46. The van der Waals surface area contributed by atoms with Gasteiger partial charge in [0.1, 0.15) is 5.56 Å². The molecule has 1 aliphatic rings. The number of aromatic amines is 1. The second-order valence-corrected chi connectivity index (χ2v) is 4.66. The molecule has 0 unspecified atom stereocenters. The number of rotatable bonds is 2. The van der Waals surface area contributed by atoms with Crippen molar-refractivity contribution in [2.24, 2.45) is 0 Å². The van der Waals surface area contributed by atoms with Gasteiger partial charge in [0.15, 0.2) is 5.82 Å². The summed E-state index contributed by atoms with van der Waals surface area (Å²) in [6.45, 7) is 0.745. The molecule has 0 atom stereocenters. The Morgan fingerprint density at radius 1 is 1.35 bits per heavy atom. The minimum Gasteiger partial charge on any atom is -0.477 e. The van der Waals surface area contributed by atoms with Crippen LogP contribution in [-0.4, -0.2) is 27.8 Å². The highest BCUT2D eigenvalue weighted by Gasteiger charge is 2.21. The van der Waals surface area contributed by atoms with Crippen LogP contribution < -0.4 is 10.5 Å². The van der Waals surface area contributed by atoms with Crippen molar-refractivity contribution in [3.05, 3.63) is 51.8 Å². The minimum atomic E-state index is -1.25. The number of carboxylic acids is 1. The van der Waals surface area contributed by atoms with Crippen molar-refractivity contribution in [1.82, 2.24) is 10.2 Å². The highest BCUT2D eigenvalue weighted by atomic mass is 16.4. The van der Waals surface area contributed by atoms with Gasteiger partial charge >= 0.3 is 5.97 Å². The summed E-state index contributed by atoms with van der Waals surface area (Å²) in [7, 11) is 0. The normalized spacial score (nSPS) is 13.9. The molecule has 6 nitrogen and oxygen atoms in total. The van der Waals surface area contributed by atoms with Crippen LogP contribution in [0.15, 0.2) is 35.1 Å². The highest BCUT2D eigenvalue weighted by molar-refractivity contribution is 5.88.